The van der Waals surface area contributed by atoms with Crippen LogP contribution in [0.2, 0.25) is 5.15 Å². The zero-order valence-electron chi connectivity index (χ0n) is 12.7. The SMILES string of the molecule is CCCNC(c1ccn(Cc2ncc(Cl)n2C)c1)C1CC1. The van der Waals surface area contributed by atoms with Gasteiger partial charge in [0.1, 0.15) is 11.0 Å². The van der Waals surface area contributed by atoms with Crippen molar-refractivity contribution in [2.45, 2.75) is 38.8 Å². The van der Waals surface area contributed by atoms with E-state index in [1.54, 1.807) is 6.20 Å². The number of hydrogen-bond donors (Lipinski definition) is 1. The minimum Gasteiger partial charge on any atom is -0.346 e. The highest BCUT2D eigenvalue weighted by Gasteiger charge is 2.32. The number of nitrogens with zero attached hydrogens (tertiary/aromatic N) is 3. The Morgan fingerprint density at radius 1 is 1.48 bits per heavy atom. The third-order valence-corrected chi connectivity index (χ3v) is 4.54. The van der Waals surface area contributed by atoms with Crippen LogP contribution in [-0.2, 0) is 13.6 Å². The number of hydrogen-bond acceptors (Lipinski definition) is 2. The lowest BCUT2D eigenvalue weighted by molar-refractivity contribution is 0.480. The molecular formula is C16H23ClN4. The van der Waals surface area contributed by atoms with E-state index >= 15 is 0 Å². The molecule has 1 atom stereocenters. The number of aromatic nitrogens is 3. The quantitative estimate of drug-likeness (QED) is 0.851. The van der Waals surface area contributed by atoms with Gasteiger partial charge in [0.15, 0.2) is 0 Å². The van der Waals surface area contributed by atoms with Crippen LogP contribution in [0, 0.1) is 5.92 Å². The average Bonchev–Trinajstić information content (AvgIpc) is 3.14. The van der Waals surface area contributed by atoms with Crippen LogP contribution in [0.5, 0.6) is 0 Å². The van der Waals surface area contributed by atoms with Crippen LogP contribution in [0.3, 0.4) is 0 Å². The number of rotatable bonds is 7. The normalized spacial score (nSPS) is 16.3. The highest BCUT2D eigenvalue weighted by atomic mass is 35.5. The third-order valence-electron chi connectivity index (χ3n) is 4.19. The van der Waals surface area contributed by atoms with Gasteiger partial charge in [-0.1, -0.05) is 18.5 Å². The van der Waals surface area contributed by atoms with Gasteiger partial charge in [-0.2, -0.15) is 0 Å². The summed E-state index contributed by atoms with van der Waals surface area (Å²) in [5, 5.41) is 4.36. The van der Waals surface area contributed by atoms with Crippen molar-refractivity contribution >= 4 is 11.6 Å². The molecule has 114 valence electrons. The largest absolute Gasteiger partial charge is 0.346 e. The fourth-order valence-electron chi connectivity index (χ4n) is 2.76. The van der Waals surface area contributed by atoms with Crippen LogP contribution >= 0.6 is 11.6 Å². The summed E-state index contributed by atoms with van der Waals surface area (Å²) in [6, 6.07) is 2.74. The molecule has 0 bridgehead atoms. The van der Waals surface area contributed by atoms with Gasteiger partial charge in [0.25, 0.3) is 0 Å². The summed E-state index contributed by atoms with van der Waals surface area (Å²) in [6.45, 7) is 4.06. The maximum absolute atomic E-state index is 6.04. The lowest BCUT2D eigenvalue weighted by Gasteiger charge is -2.16. The second-order valence-electron chi connectivity index (χ2n) is 5.94. The zero-order chi connectivity index (χ0) is 14.8. The van der Waals surface area contributed by atoms with E-state index in [1.807, 2.05) is 11.6 Å². The summed E-state index contributed by atoms with van der Waals surface area (Å²) in [6.07, 6.45) is 9.96. The topological polar surface area (TPSA) is 34.8 Å². The summed E-state index contributed by atoms with van der Waals surface area (Å²) in [5.74, 6) is 1.79. The highest BCUT2D eigenvalue weighted by molar-refractivity contribution is 6.29. The molecule has 1 saturated carbocycles. The van der Waals surface area contributed by atoms with Crippen LogP contribution < -0.4 is 5.32 Å². The Bertz CT molecular complexity index is 597. The molecule has 3 rings (SSSR count). The van der Waals surface area contributed by atoms with E-state index in [4.69, 9.17) is 11.6 Å². The summed E-state index contributed by atoms with van der Waals surface area (Å²) in [5.41, 5.74) is 1.39. The second kappa shape index (κ2) is 6.24. The van der Waals surface area contributed by atoms with Gasteiger partial charge in [-0.05, 0) is 43.4 Å². The van der Waals surface area contributed by atoms with Crippen LogP contribution in [-0.4, -0.2) is 20.7 Å². The monoisotopic (exact) mass is 306 g/mol. The minimum atomic E-state index is 0.510. The molecule has 1 fully saturated rings. The van der Waals surface area contributed by atoms with Crippen molar-refractivity contribution in [1.82, 2.24) is 19.4 Å². The Balaban J connectivity index is 1.71. The van der Waals surface area contributed by atoms with Crippen LogP contribution in [0.1, 0.15) is 43.6 Å². The van der Waals surface area contributed by atoms with Gasteiger partial charge in [0.05, 0.1) is 12.7 Å². The molecule has 2 aromatic rings. The fourth-order valence-corrected chi connectivity index (χ4v) is 2.91. The summed E-state index contributed by atoms with van der Waals surface area (Å²) in [4.78, 5) is 4.36. The number of nitrogens with one attached hydrogen (secondary N) is 1. The first-order valence-electron chi connectivity index (χ1n) is 7.74. The van der Waals surface area contributed by atoms with Gasteiger partial charge in [-0.15, -0.1) is 0 Å². The van der Waals surface area contributed by atoms with Gasteiger partial charge in [-0.25, -0.2) is 4.98 Å². The molecule has 0 aliphatic heterocycles. The van der Waals surface area contributed by atoms with E-state index in [2.05, 4.69) is 40.3 Å². The Morgan fingerprint density at radius 2 is 2.29 bits per heavy atom. The lowest BCUT2D eigenvalue weighted by Crippen LogP contribution is -2.23. The van der Waals surface area contributed by atoms with E-state index in [-0.39, 0.29) is 0 Å². The standard InChI is InChI=1S/C16H23ClN4/c1-3-7-18-16(12-4-5-12)13-6-8-21(10-13)11-15-19-9-14(17)20(15)2/h6,8-10,12,16,18H,3-5,7,11H2,1-2H3. The summed E-state index contributed by atoms with van der Waals surface area (Å²) >= 11 is 6.04. The molecule has 0 saturated heterocycles. The number of halogens is 1. The van der Waals surface area contributed by atoms with Gasteiger partial charge in [-0.3, -0.25) is 0 Å². The molecule has 5 heteroatoms. The smallest absolute Gasteiger partial charge is 0.129 e. The van der Waals surface area contributed by atoms with E-state index in [0.29, 0.717) is 11.2 Å². The first kappa shape index (κ1) is 14.7. The molecule has 1 aliphatic rings. The molecule has 0 amide bonds. The minimum absolute atomic E-state index is 0.510. The third kappa shape index (κ3) is 3.33. The number of imidazole rings is 1. The van der Waals surface area contributed by atoms with Crippen molar-refractivity contribution in [2.24, 2.45) is 13.0 Å². The lowest BCUT2D eigenvalue weighted by atomic mass is 10.1. The first-order valence-corrected chi connectivity index (χ1v) is 8.12. The van der Waals surface area contributed by atoms with Crippen molar-refractivity contribution in [1.29, 1.82) is 0 Å². The molecule has 1 unspecified atom stereocenters. The second-order valence-corrected chi connectivity index (χ2v) is 6.33. The van der Waals surface area contributed by atoms with Crippen molar-refractivity contribution in [2.75, 3.05) is 6.54 Å². The molecule has 1 aliphatic carbocycles. The van der Waals surface area contributed by atoms with E-state index in [1.165, 1.54) is 24.8 Å². The molecule has 2 aromatic heterocycles. The Labute approximate surface area is 131 Å². The molecular weight excluding hydrogens is 284 g/mol. The predicted molar refractivity (Wildman–Crippen MR) is 85.5 cm³/mol. The van der Waals surface area contributed by atoms with E-state index in [0.717, 1.165) is 24.8 Å². The van der Waals surface area contributed by atoms with Crippen LogP contribution in [0.15, 0.2) is 24.7 Å². The molecule has 2 heterocycles. The Hall–Kier alpha value is -1.26. The predicted octanol–water partition coefficient (Wildman–Crippen LogP) is 3.37. The average molecular weight is 307 g/mol. The molecule has 0 radical (unpaired) electrons. The van der Waals surface area contributed by atoms with Crippen molar-refractivity contribution < 1.29 is 0 Å². The van der Waals surface area contributed by atoms with Crippen molar-refractivity contribution in [3.05, 3.63) is 41.2 Å². The first-order chi connectivity index (χ1) is 10.2. The summed E-state index contributed by atoms with van der Waals surface area (Å²) in [7, 11) is 1.95. The fraction of sp³-hybridized carbons (Fsp3) is 0.562. The van der Waals surface area contributed by atoms with Gasteiger partial charge in [0.2, 0.25) is 0 Å². The van der Waals surface area contributed by atoms with Crippen LogP contribution in [0.4, 0.5) is 0 Å². The van der Waals surface area contributed by atoms with Gasteiger partial charge >= 0.3 is 0 Å². The summed E-state index contributed by atoms with van der Waals surface area (Å²) < 4.78 is 4.12. The maximum atomic E-state index is 6.04. The van der Waals surface area contributed by atoms with Gasteiger partial charge in [0, 0.05) is 25.5 Å². The van der Waals surface area contributed by atoms with E-state index in [9.17, 15) is 0 Å². The molecule has 0 aromatic carbocycles. The molecule has 4 nitrogen and oxygen atoms in total. The highest BCUT2D eigenvalue weighted by Crippen LogP contribution is 2.41. The van der Waals surface area contributed by atoms with Crippen molar-refractivity contribution in [3.63, 3.8) is 0 Å². The maximum Gasteiger partial charge on any atom is 0.129 e. The van der Waals surface area contributed by atoms with Crippen molar-refractivity contribution in [3.8, 4) is 0 Å². The molecule has 1 N–H and O–H groups in total. The van der Waals surface area contributed by atoms with E-state index < -0.39 is 0 Å². The van der Waals surface area contributed by atoms with Gasteiger partial charge < -0.3 is 14.5 Å². The zero-order valence-corrected chi connectivity index (χ0v) is 13.5. The van der Waals surface area contributed by atoms with Crippen LogP contribution in [0.25, 0.3) is 0 Å². The molecule has 0 spiro atoms. The molecule has 21 heavy (non-hydrogen) atoms. The Morgan fingerprint density at radius 3 is 2.90 bits per heavy atom. The Kier molecular flexibility index (Phi) is 4.36.